The lowest BCUT2D eigenvalue weighted by Gasteiger charge is -1.96. The Kier molecular flexibility index (Phi) is 3.36. The summed E-state index contributed by atoms with van der Waals surface area (Å²) < 4.78 is 5.02. The second-order valence-electron chi connectivity index (χ2n) is 3.07. The Morgan fingerprint density at radius 1 is 1.33 bits per heavy atom. The molecule has 0 unspecified atom stereocenters. The van der Waals surface area contributed by atoms with Crippen LogP contribution in [0, 0.1) is 0 Å². The van der Waals surface area contributed by atoms with Gasteiger partial charge in [0, 0.05) is 23.1 Å². The number of ether oxygens (including phenoxy) is 1. The summed E-state index contributed by atoms with van der Waals surface area (Å²) in [5.41, 5.74) is 2.06. The van der Waals surface area contributed by atoms with Gasteiger partial charge < -0.3 is 4.74 Å². The van der Waals surface area contributed by atoms with Crippen LogP contribution < -0.4 is 0 Å². The van der Waals surface area contributed by atoms with E-state index in [1.54, 1.807) is 18.4 Å². The van der Waals surface area contributed by atoms with Crippen LogP contribution in [0.5, 0.6) is 0 Å². The first-order valence-corrected chi connectivity index (χ1v) is 5.74. The van der Waals surface area contributed by atoms with Crippen LogP contribution in [0.15, 0.2) is 29.6 Å². The molecular formula is C11H10ClNOS. The lowest BCUT2D eigenvalue weighted by molar-refractivity contribution is 0.184. The van der Waals surface area contributed by atoms with Crippen molar-refractivity contribution in [3.63, 3.8) is 0 Å². The fourth-order valence-corrected chi connectivity index (χ4v) is 2.15. The number of hydrogen-bond donors (Lipinski definition) is 0. The second kappa shape index (κ2) is 4.75. The van der Waals surface area contributed by atoms with Crippen molar-refractivity contribution in [2.75, 3.05) is 7.11 Å². The molecule has 0 saturated carbocycles. The summed E-state index contributed by atoms with van der Waals surface area (Å²) in [5.74, 6) is 0. The first-order chi connectivity index (χ1) is 7.29. The number of nitrogens with zero attached hydrogens (tertiary/aromatic N) is 1. The lowest BCUT2D eigenvalue weighted by Crippen LogP contribution is -1.85. The standard InChI is InChI=1S/C11H10ClNOS/c1-14-6-11-13-10(7-15-11)8-2-4-9(12)5-3-8/h2-5,7H,6H2,1H3. The number of thiazole rings is 1. The van der Waals surface area contributed by atoms with Gasteiger partial charge in [-0.1, -0.05) is 23.7 Å². The van der Waals surface area contributed by atoms with Gasteiger partial charge in [0.15, 0.2) is 0 Å². The SMILES string of the molecule is COCc1nc(-c2ccc(Cl)cc2)cs1. The van der Waals surface area contributed by atoms with Crippen molar-refractivity contribution in [2.24, 2.45) is 0 Å². The number of benzene rings is 1. The van der Waals surface area contributed by atoms with Crippen LogP contribution in [-0.2, 0) is 11.3 Å². The van der Waals surface area contributed by atoms with Gasteiger partial charge >= 0.3 is 0 Å². The van der Waals surface area contributed by atoms with Crippen molar-refractivity contribution in [1.82, 2.24) is 4.98 Å². The van der Waals surface area contributed by atoms with Gasteiger partial charge in [-0.15, -0.1) is 11.3 Å². The van der Waals surface area contributed by atoms with Crippen molar-refractivity contribution < 1.29 is 4.74 Å². The average molecular weight is 240 g/mol. The summed E-state index contributed by atoms with van der Waals surface area (Å²) in [4.78, 5) is 4.45. The maximum Gasteiger partial charge on any atom is 0.119 e. The average Bonchev–Trinajstić information content (AvgIpc) is 2.68. The molecule has 0 aliphatic carbocycles. The zero-order chi connectivity index (χ0) is 10.7. The van der Waals surface area contributed by atoms with Gasteiger partial charge in [0.1, 0.15) is 5.01 Å². The second-order valence-corrected chi connectivity index (χ2v) is 4.45. The largest absolute Gasteiger partial charge is 0.378 e. The first-order valence-electron chi connectivity index (χ1n) is 4.49. The first kappa shape index (κ1) is 10.6. The lowest BCUT2D eigenvalue weighted by atomic mass is 10.2. The molecule has 1 aromatic heterocycles. The van der Waals surface area contributed by atoms with Gasteiger partial charge in [-0.2, -0.15) is 0 Å². The van der Waals surface area contributed by atoms with Gasteiger partial charge in [-0.3, -0.25) is 0 Å². The van der Waals surface area contributed by atoms with Crippen molar-refractivity contribution >= 4 is 22.9 Å². The molecule has 0 bridgehead atoms. The fraction of sp³-hybridized carbons (Fsp3) is 0.182. The number of methoxy groups -OCH3 is 1. The maximum absolute atomic E-state index is 5.82. The van der Waals surface area contributed by atoms with E-state index in [1.807, 2.05) is 29.6 Å². The molecule has 4 heteroatoms. The predicted molar refractivity (Wildman–Crippen MR) is 63.3 cm³/mol. The minimum Gasteiger partial charge on any atom is -0.378 e. The zero-order valence-corrected chi connectivity index (χ0v) is 9.81. The van der Waals surface area contributed by atoms with Crippen LogP contribution in [0.25, 0.3) is 11.3 Å². The molecule has 1 aromatic carbocycles. The van der Waals surface area contributed by atoms with Crippen LogP contribution in [0.3, 0.4) is 0 Å². The highest BCUT2D eigenvalue weighted by atomic mass is 35.5. The molecule has 0 spiro atoms. The summed E-state index contributed by atoms with van der Waals surface area (Å²) in [6.07, 6.45) is 0. The van der Waals surface area contributed by atoms with Gasteiger partial charge in [0.25, 0.3) is 0 Å². The van der Waals surface area contributed by atoms with Crippen molar-refractivity contribution in [2.45, 2.75) is 6.61 Å². The van der Waals surface area contributed by atoms with Gasteiger partial charge in [0.05, 0.1) is 12.3 Å². The van der Waals surface area contributed by atoms with E-state index in [0.717, 1.165) is 21.3 Å². The highest BCUT2D eigenvalue weighted by molar-refractivity contribution is 7.09. The molecule has 15 heavy (non-hydrogen) atoms. The molecule has 2 aromatic rings. The monoisotopic (exact) mass is 239 g/mol. The quantitative estimate of drug-likeness (QED) is 0.816. The summed E-state index contributed by atoms with van der Waals surface area (Å²) in [7, 11) is 1.67. The summed E-state index contributed by atoms with van der Waals surface area (Å²) in [6.45, 7) is 0.568. The van der Waals surface area contributed by atoms with Crippen molar-refractivity contribution in [3.05, 3.63) is 39.7 Å². The van der Waals surface area contributed by atoms with Gasteiger partial charge in [-0.25, -0.2) is 4.98 Å². The Morgan fingerprint density at radius 2 is 2.07 bits per heavy atom. The number of hydrogen-bond acceptors (Lipinski definition) is 3. The highest BCUT2D eigenvalue weighted by Crippen LogP contribution is 2.23. The van der Waals surface area contributed by atoms with Crippen LogP contribution in [0.1, 0.15) is 5.01 Å². The van der Waals surface area contributed by atoms with Crippen LogP contribution >= 0.6 is 22.9 Å². The molecule has 2 rings (SSSR count). The summed E-state index contributed by atoms with van der Waals surface area (Å²) >= 11 is 7.42. The minimum atomic E-state index is 0.568. The topological polar surface area (TPSA) is 22.1 Å². The molecule has 0 aliphatic rings. The Bertz CT molecular complexity index is 438. The van der Waals surface area contributed by atoms with Gasteiger partial charge in [-0.05, 0) is 12.1 Å². The summed E-state index contributed by atoms with van der Waals surface area (Å²) in [5, 5.41) is 3.76. The molecular weight excluding hydrogens is 230 g/mol. The molecule has 1 heterocycles. The van der Waals surface area contributed by atoms with Crippen molar-refractivity contribution in [3.8, 4) is 11.3 Å². The Labute approximate surface area is 97.5 Å². The van der Waals surface area contributed by atoms with E-state index in [-0.39, 0.29) is 0 Å². The molecule has 2 nitrogen and oxygen atoms in total. The Balaban J connectivity index is 2.25. The van der Waals surface area contributed by atoms with E-state index in [2.05, 4.69) is 4.98 Å². The third-order valence-corrected chi connectivity index (χ3v) is 3.03. The molecule has 78 valence electrons. The normalized spacial score (nSPS) is 10.5. The van der Waals surface area contributed by atoms with E-state index in [9.17, 15) is 0 Å². The van der Waals surface area contributed by atoms with Crippen LogP contribution in [-0.4, -0.2) is 12.1 Å². The zero-order valence-electron chi connectivity index (χ0n) is 8.24. The highest BCUT2D eigenvalue weighted by Gasteiger charge is 2.03. The smallest absolute Gasteiger partial charge is 0.119 e. The third-order valence-electron chi connectivity index (χ3n) is 1.96. The van der Waals surface area contributed by atoms with E-state index >= 15 is 0 Å². The van der Waals surface area contributed by atoms with E-state index in [1.165, 1.54) is 0 Å². The molecule has 0 N–H and O–H groups in total. The van der Waals surface area contributed by atoms with Gasteiger partial charge in [0.2, 0.25) is 0 Å². The molecule has 0 fully saturated rings. The predicted octanol–water partition coefficient (Wildman–Crippen LogP) is 3.61. The van der Waals surface area contributed by atoms with Crippen molar-refractivity contribution in [1.29, 1.82) is 0 Å². The third kappa shape index (κ3) is 2.56. The molecule has 0 amide bonds. The van der Waals surface area contributed by atoms with Crippen LogP contribution in [0.2, 0.25) is 5.02 Å². The minimum absolute atomic E-state index is 0.568. The Morgan fingerprint density at radius 3 is 2.73 bits per heavy atom. The number of rotatable bonds is 3. The molecule has 0 saturated heterocycles. The molecule has 0 radical (unpaired) electrons. The van der Waals surface area contributed by atoms with Crippen LogP contribution in [0.4, 0.5) is 0 Å². The maximum atomic E-state index is 5.82. The number of aromatic nitrogens is 1. The van der Waals surface area contributed by atoms with E-state index < -0.39 is 0 Å². The molecule has 0 aliphatic heterocycles. The Hall–Kier alpha value is -0.900. The fourth-order valence-electron chi connectivity index (χ4n) is 1.25. The summed E-state index contributed by atoms with van der Waals surface area (Å²) in [6, 6.07) is 7.67. The van der Waals surface area contributed by atoms with E-state index in [4.69, 9.17) is 16.3 Å². The van der Waals surface area contributed by atoms with E-state index in [0.29, 0.717) is 6.61 Å². The number of halogens is 1. The molecule has 0 atom stereocenters.